The zero-order chi connectivity index (χ0) is 15.5. The summed E-state index contributed by atoms with van der Waals surface area (Å²) in [4.78, 5) is 15.1. The van der Waals surface area contributed by atoms with Gasteiger partial charge in [-0.25, -0.2) is 15.0 Å². The van der Waals surface area contributed by atoms with Gasteiger partial charge >= 0.3 is 0 Å². The molecule has 22 heavy (non-hydrogen) atoms. The average Bonchev–Trinajstić information content (AvgIpc) is 3.12. The summed E-state index contributed by atoms with van der Waals surface area (Å²) in [7, 11) is 0. The molecule has 0 aliphatic carbocycles. The lowest BCUT2D eigenvalue weighted by molar-refractivity contribution is -0.112. The molecule has 0 spiro atoms. The highest BCUT2D eigenvalue weighted by Crippen LogP contribution is 2.33. The van der Waals surface area contributed by atoms with Gasteiger partial charge in [0.15, 0.2) is 11.3 Å². The molecule has 1 unspecified atom stereocenters. The van der Waals surface area contributed by atoms with Crippen molar-refractivity contribution < 1.29 is 14.9 Å². The van der Waals surface area contributed by atoms with Crippen LogP contribution in [0.5, 0.6) is 0 Å². The van der Waals surface area contributed by atoms with E-state index in [9.17, 15) is 10.2 Å². The summed E-state index contributed by atoms with van der Waals surface area (Å²) in [5.41, 5.74) is 10.1. The Kier molecular flexibility index (Phi) is 2.86. The summed E-state index contributed by atoms with van der Waals surface area (Å²) in [6, 6.07) is 0. The number of rotatable bonds is 2. The molecule has 118 valence electrons. The van der Waals surface area contributed by atoms with E-state index in [1.165, 1.54) is 0 Å². The number of ether oxygens (including phenoxy) is 1. The van der Waals surface area contributed by atoms with Gasteiger partial charge < -0.3 is 31.3 Å². The van der Waals surface area contributed by atoms with Gasteiger partial charge in [0.05, 0.1) is 12.9 Å². The highest BCUT2D eigenvalue weighted by Gasteiger charge is 2.48. The molecule has 10 heteroatoms. The van der Waals surface area contributed by atoms with E-state index in [1.54, 1.807) is 10.9 Å². The molecule has 4 heterocycles. The van der Waals surface area contributed by atoms with Gasteiger partial charge in [-0.05, 0) is 0 Å². The molecule has 3 aliphatic rings. The van der Waals surface area contributed by atoms with Gasteiger partial charge in [-0.15, -0.1) is 0 Å². The summed E-state index contributed by atoms with van der Waals surface area (Å²) < 4.78 is 7.30. The standard InChI is InChI=1S/C12H17N7O3/c13-9(20)8-12(14,21)3-6(22-8)19-5-16-7-10-15-1-2-18(10)4-17-11(7)19/h1,5-6,8-9,20-21H,2-4,13-14H2/t6-,8-,9?,12+/m1/s1. The van der Waals surface area contributed by atoms with Crippen molar-refractivity contribution in [3.05, 3.63) is 17.2 Å². The number of aliphatic hydroxyl groups excluding tert-OH is 1. The third-order valence-electron chi connectivity index (χ3n) is 4.10. The lowest BCUT2D eigenvalue weighted by Gasteiger charge is -2.24. The van der Waals surface area contributed by atoms with Crippen LogP contribution in [0.2, 0.25) is 0 Å². The van der Waals surface area contributed by atoms with E-state index in [0.717, 1.165) is 12.4 Å². The third-order valence-corrected chi connectivity index (χ3v) is 4.10. The summed E-state index contributed by atoms with van der Waals surface area (Å²) in [5.74, 6) is 0.778. The second-order valence-electron chi connectivity index (χ2n) is 5.68. The summed E-state index contributed by atoms with van der Waals surface area (Å²) >= 11 is 0. The molecule has 1 saturated heterocycles. The Morgan fingerprint density at radius 3 is 3.05 bits per heavy atom. The van der Waals surface area contributed by atoms with Gasteiger partial charge in [-0.1, -0.05) is 0 Å². The molecule has 0 saturated carbocycles. The van der Waals surface area contributed by atoms with Crippen LogP contribution in [0.4, 0.5) is 0 Å². The van der Waals surface area contributed by atoms with Crippen molar-refractivity contribution in [1.29, 1.82) is 0 Å². The molecule has 0 aromatic carbocycles. The smallest absolute Gasteiger partial charge is 0.163 e. The minimum atomic E-state index is -1.71. The van der Waals surface area contributed by atoms with E-state index >= 15 is 0 Å². The van der Waals surface area contributed by atoms with Crippen LogP contribution in [0.3, 0.4) is 0 Å². The Balaban J connectivity index is 1.75. The van der Waals surface area contributed by atoms with E-state index in [2.05, 4.69) is 15.0 Å². The molecule has 0 radical (unpaired) electrons. The normalized spacial score (nSPS) is 34.5. The van der Waals surface area contributed by atoms with Crippen LogP contribution in [-0.4, -0.2) is 62.1 Å². The van der Waals surface area contributed by atoms with Gasteiger partial charge in [0.1, 0.15) is 36.3 Å². The maximum absolute atomic E-state index is 10.2. The van der Waals surface area contributed by atoms with Crippen molar-refractivity contribution >= 4 is 12.0 Å². The lowest BCUT2D eigenvalue weighted by atomic mass is 10.1. The zero-order valence-electron chi connectivity index (χ0n) is 11.7. The fourth-order valence-corrected chi connectivity index (χ4v) is 3.03. The number of imidazole rings is 1. The number of aliphatic imine (C=N–C) groups is 1. The van der Waals surface area contributed by atoms with E-state index in [4.69, 9.17) is 16.2 Å². The van der Waals surface area contributed by atoms with Crippen LogP contribution in [0.15, 0.2) is 16.3 Å². The Hall–Kier alpha value is -1.85. The molecule has 1 aromatic rings. The molecule has 0 amide bonds. The maximum atomic E-state index is 10.2. The molecule has 1 fully saturated rings. The van der Waals surface area contributed by atoms with Crippen LogP contribution in [0.25, 0.3) is 5.82 Å². The maximum Gasteiger partial charge on any atom is 0.163 e. The molecule has 3 aliphatic heterocycles. The first-order valence-corrected chi connectivity index (χ1v) is 6.97. The number of hydrogen-bond acceptors (Lipinski definition) is 9. The number of fused-ring (bicyclic) bond motifs is 2. The topological polar surface area (TPSA) is 148 Å². The fraction of sp³-hybridized carbons (Fsp3) is 0.583. The molecule has 10 nitrogen and oxygen atoms in total. The Morgan fingerprint density at radius 2 is 2.32 bits per heavy atom. The third kappa shape index (κ3) is 1.89. The summed E-state index contributed by atoms with van der Waals surface area (Å²) in [6.07, 6.45) is 0.408. The quantitative estimate of drug-likeness (QED) is 0.409. The second kappa shape index (κ2) is 4.57. The summed E-state index contributed by atoms with van der Waals surface area (Å²) in [5, 5.41) is 20.3. The van der Waals surface area contributed by atoms with Gasteiger partial charge in [-0.3, -0.25) is 4.57 Å². The van der Waals surface area contributed by atoms with Crippen molar-refractivity contribution in [1.82, 2.24) is 14.5 Å². The van der Waals surface area contributed by atoms with Gasteiger partial charge in [0.2, 0.25) is 0 Å². The van der Waals surface area contributed by atoms with Gasteiger partial charge in [0, 0.05) is 12.6 Å². The SMILES string of the molecule is NC(O)[C@H]1O[C@@H](n2cnc3c2=NCN2CC=NC=32)C[C@]1(N)O. The van der Waals surface area contributed by atoms with Gasteiger partial charge in [0.25, 0.3) is 0 Å². The lowest BCUT2D eigenvalue weighted by Crippen LogP contribution is -2.55. The van der Waals surface area contributed by atoms with Crippen LogP contribution < -0.4 is 22.3 Å². The molecule has 4 rings (SSSR count). The van der Waals surface area contributed by atoms with E-state index in [-0.39, 0.29) is 6.42 Å². The number of aromatic nitrogens is 2. The van der Waals surface area contributed by atoms with Crippen LogP contribution in [0, 0.1) is 0 Å². The largest absolute Gasteiger partial charge is 0.376 e. The second-order valence-corrected chi connectivity index (χ2v) is 5.68. The van der Waals surface area contributed by atoms with Gasteiger partial charge in [-0.2, -0.15) is 0 Å². The predicted octanol–water partition coefficient (Wildman–Crippen LogP) is -3.86. The number of nitrogens with two attached hydrogens (primary N) is 2. The molecular weight excluding hydrogens is 290 g/mol. The van der Waals surface area contributed by atoms with Crippen molar-refractivity contribution in [3.8, 4) is 0 Å². The molecule has 4 atom stereocenters. The van der Waals surface area contributed by atoms with E-state index in [0.29, 0.717) is 17.5 Å². The van der Waals surface area contributed by atoms with Crippen molar-refractivity contribution in [2.75, 3.05) is 13.2 Å². The highest BCUT2D eigenvalue weighted by molar-refractivity contribution is 5.72. The molecule has 1 aromatic heterocycles. The monoisotopic (exact) mass is 307 g/mol. The average molecular weight is 307 g/mol. The van der Waals surface area contributed by atoms with Crippen LogP contribution in [-0.2, 0) is 4.74 Å². The Bertz CT molecular complexity index is 753. The van der Waals surface area contributed by atoms with Crippen molar-refractivity contribution in [2.24, 2.45) is 21.5 Å². The first-order valence-electron chi connectivity index (χ1n) is 6.97. The minimum Gasteiger partial charge on any atom is -0.376 e. The van der Waals surface area contributed by atoms with E-state index < -0.39 is 24.3 Å². The highest BCUT2D eigenvalue weighted by atomic mass is 16.6. The van der Waals surface area contributed by atoms with E-state index in [1.807, 2.05) is 11.1 Å². The van der Waals surface area contributed by atoms with Crippen molar-refractivity contribution in [3.63, 3.8) is 0 Å². The number of hydrogen-bond donors (Lipinski definition) is 4. The predicted molar refractivity (Wildman–Crippen MR) is 74.3 cm³/mol. The fourth-order valence-electron chi connectivity index (χ4n) is 3.03. The molecule has 0 bridgehead atoms. The zero-order valence-corrected chi connectivity index (χ0v) is 11.7. The number of nitrogens with zero attached hydrogens (tertiary/aromatic N) is 5. The van der Waals surface area contributed by atoms with Crippen molar-refractivity contribution in [2.45, 2.75) is 30.7 Å². The minimum absolute atomic E-state index is 0.0760. The molecule has 6 N–H and O–H groups in total. The molecular formula is C12H17N7O3. The Morgan fingerprint density at radius 1 is 1.50 bits per heavy atom. The summed E-state index contributed by atoms with van der Waals surface area (Å²) in [6.45, 7) is 1.20. The first-order chi connectivity index (χ1) is 10.5. The van der Waals surface area contributed by atoms with Crippen LogP contribution >= 0.6 is 0 Å². The Labute approximate surface area is 125 Å². The number of aliphatic hydroxyl groups is 2. The van der Waals surface area contributed by atoms with Crippen LogP contribution in [0.1, 0.15) is 12.6 Å². The first kappa shape index (κ1) is 13.8.